The summed E-state index contributed by atoms with van der Waals surface area (Å²) in [4.78, 5) is 17.4. The Morgan fingerprint density at radius 2 is 2.25 bits per heavy atom. The van der Waals surface area contributed by atoms with Crippen LogP contribution in [0.4, 0.5) is 11.4 Å². The number of aromatic carboxylic acids is 1. The van der Waals surface area contributed by atoms with Gasteiger partial charge in [0.05, 0.1) is 11.3 Å². The monoisotopic (exact) mass is 274 g/mol. The van der Waals surface area contributed by atoms with E-state index in [2.05, 4.69) is 4.98 Å². The summed E-state index contributed by atoms with van der Waals surface area (Å²) in [6, 6.07) is 4.92. The third kappa shape index (κ3) is 2.90. The zero-order valence-electron chi connectivity index (χ0n) is 11.6. The Morgan fingerprint density at radius 3 is 2.85 bits per heavy atom. The van der Waals surface area contributed by atoms with Crippen LogP contribution in [0.25, 0.3) is 0 Å². The molecule has 0 aliphatic carbocycles. The summed E-state index contributed by atoms with van der Waals surface area (Å²) >= 11 is 0. The number of carboxylic acid groups (broad SMARTS) is 1. The van der Waals surface area contributed by atoms with Crippen LogP contribution in [-0.2, 0) is 13.5 Å². The minimum absolute atomic E-state index is 0.215. The molecule has 3 N–H and O–H groups in total. The van der Waals surface area contributed by atoms with E-state index in [-0.39, 0.29) is 5.56 Å². The number of rotatable bonds is 5. The van der Waals surface area contributed by atoms with Gasteiger partial charge in [-0.3, -0.25) is 0 Å². The van der Waals surface area contributed by atoms with Crippen molar-refractivity contribution in [1.29, 1.82) is 0 Å². The maximum atomic E-state index is 11.3. The average Bonchev–Trinajstić information content (AvgIpc) is 2.81. The van der Waals surface area contributed by atoms with Crippen molar-refractivity contribution in [3.8, 4) is 0 Å². The summed E-state index contributed by atoms with van der Waals surface area (Å²) in [5.41, 5.74) is 6.96. The lowest BCUT2D eigenvalue weighted by atomic mass is 10.1. The number of likely N-dealkylation sites (N-methyl/N-ethyl adjacent to an activating group) is 1. The molecule has 0 bridgehead atoms. The maximum Gasteiger partial charge on any atom is 0.337 e. The second kappa shape index (κ2) is 5.64. The van der Waals surface area contributed by atoms with Crippen molar-refractivity contribution in [3.05, 3.63) is 42.0 Å². The van der Waals surface area contributed by atoms with Gasteiger partial charge in [0.15, 0.2) is 0 Å². The van der Waals surface area contributed by atoms with E-state index in [0.717, 1.165) is 12.2 Å². The van der Waals surface area contributed by atoms with Crippen molar-refractivity contribution in [2.45, 2.75) is 6.42 Å². The van der Waals surface area contributed by atoms with Gasteiger partial charge in [0.25, 0.3) is 0 Å². The summed E-state index contributed by atoms with van der Waals surface area (Å²) in [7, 11) is 3.80. The van der Waals surface area contributed by atoms with E-state index in [1.807, 2.05) is 29.8 Å². The molecule has 6 nitrogen and oxygen atoms in total. The molecular weight excluding hydrogens is 256 g/mol. The fraction of sp³-hybridized carbons (Fsp3) is 0.286. The highest BCUT2D eigenvalue weighted by atomic mass is 16.4. The predicted molar refractivity (Wildman–Crippen MR) is 78.0 cm³/mol. The quantitative estimate of drug-likeness (QED) is 0.805. The van der Waals surface area contributed by atoms with Crippen LogP contribution in [0.2, 0.25) is 0 Å². The molecule has 6 heteroatoms. The summed E-state index contributed by atoms with van der Waals surface area (Å²) < 4.78 is 1.95. The molecule has 1 heterocycles. The van der Waals surface area contributed by atoms with Crippen LogP contribution in [0.15, 0.2) is 30.6 Å². The standard InChI is InChI=1S/C14H18N4O2/c1-17(7-5-13-16-6-8-18(13)2)12-4-3-10(15)9-11(12)14(19)20/h3-4,6,8-9H,5,7,15H2,1-2H3,(H,19,20). The van der Waals surface area contributed by atoms with Crippen LogP contribution >= 0.6 is 0 Å². The van der Waals surface area contributed by atoms with Gasteiger partial charge in [-0.2, -0.15) is 0 Å². The summed E-state index contributed by atoms with van der Waals surface area (Å²) in [6.07, 6.45) is 4.38. The topological polar surface area (TPSA) is 84.4 Å². The number of aryl methyl sites for hydroxylation is 1. The van der Waals surface area contributed by atoms with Gasteiger partial charge < -0.3 is 20.3 Å². The van der Waals surface area contributed by atoms with Crippen LogP contribution in [0.1, 0.15) is 16.2 Å². The van der Waals surface area contributed by atoms with Crippen LogP contribution in [0, 0.1) is 0 Å². The molecule has 0 amide bonds. The van der Waals surface area contributed by atoms with Crippen molar-refractivity contribution in [2.24, 2.45) is 7.05 Å². The Balaban J connectivity index is 2.15. The molecular formula is C14H18N4O2. The molecule has 0 radical (unpaired) electrons. The number of nitrogen functional groups attached to an aromatic ring is 1. The lowest BCUT2D eigenvalue weighted by Gasteiger charge is -2.21. The average molecular weight is 274 g/mol. The number of carboxylic acids is 1. The molecule has 0 fully saturated rings. The molecule has 0 unspecified atom stereocenters. The maximum absolute atomic E-state index is 11.3. The first-order valence-electron chi connectivity index (χ1n) is 6.29. The molecule has 0 saturated heterocycles. The number of hydrogen-bond acceptors (Lipinski definition) is 4. The second-order valence-corrected chi connectivity index (χ2v) is 4.71. The van der Waals surface area contributed by atoms with Crippen molar-refractivity contribution in [2.75, 3.05) is 24.2 Å². The van der Waals surface area contributed by atoms with E-state index in [9.17, 15) is 9.90 Å². The van der Waals surface area contributed by atoms with Crippen molar-refractivity contribution < 1.29 is 9.90 Å². The number of anilines is 2. The molecule has 0 aliphatic heterocycles. The number of benzene rings is 1. The lowest BCUT2D eigenvalue weighted by molar-refractivity contribution is 0.0697. The first-order valence-corrected chi connectivity index (χ1v) is 6.29. The predicted octanol–water partition coefficient (Wildman–Crippen LogP) is 1.38. The highest BCUT2D eigenvalue weighted by Gasteiger charge is 2.14. The van der Waals surface area contributed by atoms with Gasteiger partial charge >= 0.3 is 5.97 Å². The van der Waals surface area contributed by atoms with Gasteiger partial charge in [0.1, 0.15) is 5.82 Å². The number of aromatic nitrogens is 2. The number of imidazole rings is 1. The SMILES string of the molecule is CN(CCc1nccn1C)c1ccc(N)cc1C(=O)O. The fourth-order valence-electron chi connectivity index (χ4n) is 2.08. The van der Waals surface area contributed by atoms with E-state index in [0.29, 0.717) is 17.9 Å². The number of nitrogens with zero attached hydrogens (tertiary/aromatic N) is 3. The molecule has 0 atom stereocenters. The number of hydrogen-bond donors (Lipinski definition) is 2. The van der Waals surface area contributed by atoms with Crippen LogP contribution in [0.5, 0.6) is 0 Å². The van der Waals surface area contributed by atoms with Gasteiger partial charge in [0.2, 0.25) is 0 Å². The van der Waals surface area contributed by atoms with E-state index in [4.69, 9.17) is 5.73 Å². The van der Waals surface area contributed by atoms with Crippen LogP contribution in [0.3, 0.4) is 0 Å². The molecule has 106 valence electrons. The van der Waals surface area contributed by atoms with E-state index < -0.39 is 5.97 Å². The Hall–Kier alpha value is -2.50. The smallest absolute Gasteiger partial charge is 0.337 e. The van der Waals surface area contributed by atoms with Gasteiger partial charge in [-0.05, 0) is 18.2 Å². The molecule has 2 aromatic rings. The number of nitrogens with two attached hydrogens (primary N) is 1. The summed E-state index contributed by atoms with van der Waals surface area (Å²) in [5.74, 6) is -0.0136. The Morgan fingerprint density at radius 1 is 1.50 bits per heavy atom. The molecule has 0 saturated carbocycles. The lowest BCUT2D eigenvalue weighted by Crippen LogP contribution is -2.23. The third-order valence-corrected chi connectivity index (χ3v) is 3.25. The highest BCUT2D eigenvalue weighted by Crippen LogP contribution is 2.22. The van der Waals surface area contributed by atoms with Gasteiger partial charge in [-0.1, -0.05) is 0 Å². The highest BCUT2D eigenvalue weighted by molar-refractivity contribution is 5.95. The molecule has 1 aromatic carbocycles. The first kappa shape index (κ1) is 13.9. The first-order chi connectivity index (χ1) is 9.49. The molecule has 0 aliphatic rings. The van der Waals surface area contributed by atoms with Gasteiger partial charge in [0, 0.05) is 45.1 Å². The summed E-state index contributed by atoms with van der Waals surface area (Å²) in [6.45, 7) is 0.676. The van der Waals surface area contributed by atoms with E-state index >= 15 is 0 Å². The summed E-state index contributed by atoms with van der Waals surface area (Å²) in [5, 5.41) is 9.24. The van der Waals surface area contributed by atoms with Gasteiger partial charge in [-0.15, -0.1) is 0 Å². The minimum Gasteiger partial charge on any atom is -0.478 e. The second-order valence-electron chi connectivity index (χ2n) is 4.71. The molecule has 1 aromatic heterocycles. The zero-order chi connectivity index (χ0) is 14.7. The van der Waals surface area contributed by atoms with Crippen LogP contribution in [-0.4, -0.2) is 34.2 Å². The molecule has 0 spiro atoms. The third-order valence-electron chi connectivity index (χ3n) is 3.25. The van der Waals surface area contributed by atoms with Crippen LogP contribution < -0.4 is 10.6 Å². The minimum atomic E-state index is -0.976. The number of carbonyl (C=O) groups is 1. The Bertz CT molecular complexity index is 621. The molecule has 2 rings (SSSR count). The zero-order valence-corrected chi connectivity index (χ0v) is 11.6. The molecule has 20 heavy (non-hydrogen) atoms. The van der Waals surface area contributed by atoms with E-state index in [1.165, 1.54) is 6.07 Å². The van der Waals surface area contributed by atoms with Crippen molar-refractivity contribution in [1.82, 2.24) is 9.55 Å². The largest absolute Gasteiger partial charge is 0.478 e. The normalized spacial score (nSPS) is 10.5. The van der Waals surface area contributed by atoms with E-state index in [1.54, 1.807) is 18.3 Å². The Kier molecular flexibility index (Phi) is 3.93. The van der Waals surface area contributed by atoms with Crippen molar-refractivity contribution in [3.63, 3.8) is 0 Å². The van der Waals surface area contributed by atoms with Gasteiger partial charge in [-0.25, -0.2) is 9.78 Å². The Labute approximate surface area is 117 Å². The van der Waals surface area contributed by atoms with Crippen molar-refractivity contribution >= 4 is 17.3 Å². The fourth-order valence-corrected chi connectivity index (χ4v) is 2.08.